The van der Waals surface area contributed by atoms with Gasteiger partial charge in [0.1, 0.15) is 11.4 Å². The zero-order valence-electron chi connectivity index (χ0n) is 13.5. The van der Waals surface area contributed by atoms with E-state index >= 15 is 0 Å². The number of halogens is 2. The number of aromatic nitrogens is 4. The number of anilines is 1. The minimum absolute atomic E-state index is 0.199. The van der Waals surface area contributed by atoms with Gasteiger partial charge in [0.15, 0.2) is 6.73 Å². The summed E-state index contributed by atoms with van der Waals surface area (Å²) in [5.74, 6) is 0.369. The smallest absolute Gasteiger partial charge is 0.275 e. The number of aryl methyl sites for hydroxylation is 2. The molecule has 0 saturated heterocycles. The van der Waals surface area contributed by atoms with Crippen LogP contribution in [0.4, 0.5) is 5.69 Å². The summed E-state index contributed by atoms with van der Waals surface area (Å²) in [6, 6.07) is 7.10. The monoisotopic (exact) mass is 423 g/mol. The van der Waals surface area contributed by atoms with Crippen molar-refractivity contribution in [1.29, 1.82) is 0 Å². The number of nitrogens with one attached hydrogen (secondary N) is 1. The van der Waals surface area contributed by atoms with Crippen molar-refractivity contribution in [2.24, 2.45) is 7.05 Å². The number of carbonyl (C=O) groups is 1. The number of nitrogens with zero attached hydrogens (tertiary/aromatic N) is 4. The van der Waals surface area contributed by atoms with Gasteiger partial charge in [0.25, 0.3) is 5.91 Å². The molecule has 3 aromatic rings. The molecule has 0 aliphatic heterocycles. The van der Waals surface area contributed by atoms with Gasteiger partial charge in [-0.05, 0) is 41.1 Å². The highest BCUT2D eigenvalue weighted by Crippen LogP contribution is 2.21. The SMILES string of the molecule is Cc1nn(C)c(C(=O)Nc2cnn(COc3cccc(Cl)c3)c2)c1Br. The van der Waals surface area contributed by atoms with Crippen LogP contribution in [0, 0.1) is 6.92 Å². The van der Waals surface area contributed by atoms with Crippen molar-refractivity contribution < 1.29 is 9.53 Å². The number of carbonyl (C=O) groups excluding carboxylic acids is 1. The van der Waals surface area contributed by atoms with E-state index in [-0.39, 0.29) is 12.6 Å². The molecule has 0 unspecified atom stereocenters. The molecule has 1 aromatic carbocycles. The third-order valence-corrected chi connectivity index (χ3v) is 4.60. The van der Waals surface area contributed by atoms with Crippen molar-refractivity contribution in [3.05, 3.63) is 57.5 Å². The largest absolute Gasteiger partial charge is 0.471 e. The van der Waals surface area contributed by atoms with Gasteiger partial charge < -0.3 is 10.1 Å². The topological polar surface area (TPSA) is 74.0 Å². The van der Waals surface area contributed by atoms with Crippen molar-refractivity contribution in [1.82, 2.24) is 19.6 Å². The molecule has 0 aliphatic carbocycles. The first-order valence-electron chi connectivity index (χ1n) is 7.35. The predicted octanol–water partition coefficient (Wildman–Crippen LogP) is 3.63. The number of hydrogen-bond donors (Lipinski definition) is 1. The first kappa shape index (κ1) is 17.5. The molecule has 0 aliphatic rings. The Kier molecular flexibility index (Phi) is 5.10. The third kappa shape index (κ3) is 4.02. The molecule has 3 rings (SSSR count). The van der Waals surface area contributed by atoms with Crippen LogP contribution < -0.4 is 10.1 Å². The van der Waals surface area contributed by atoms with Crippen LogP contribution in [0.25, 0.3) is 0 Å². The van der Waals surface area contributed by atoms with Crippen LogP contribution in [0.15, 0.2) is 41.1 Å². The molecule has 130 valence electrons. The Morgan fingerprint density at radius 2 is 2.24 bits per heavy atom. The fourth-order valence-electron chi connectivity index (χ4n) is 2.27. The van der Waals surface area contributed by atoms with Gasteiger partial charge in [-0.2, -0.15) is 10.2 Å². The Balaban J connectivity index is 1.64. The zero-order valence-corrected chi connectivity index (χ0v) is 15.9. The van der Waals surface area contributed by atoms with E-state index in [1.165, 1.54) is 4.68 Å². The summed E-state index contributed by atoms with van der Waals surface area (Å²) < 4.78 is 9.37. The molecule has 1 N–H and O–H groups in total. The molecule has 0 spiro atoms. The average molecular weight is 425 g/mol. The van der Waals surface area contributed by atoms with E-state index in [9.17, 15) is 4.79 Å². The highest BCUT2D eigenvalue weighted by molar-refractivity contribution is 9.10. The van der Waals surface area contributed by atoms with E-state index in [0.717, 1.165) is 5.69 Å². The second kappa shape index (κ2) is 7.28. The Morgan fingerprint density at radius 1 is 1.44 bits per heavy atom. The Morgan fingerprint density at radius 3 is 2.92 bits per heavy atom. The predicted molar refractivity (Wildman–Crippen MR) is 97.9 cm³/mol. The fraction of sp³-hybridized carbons (Fsp3) is 0.188. The molecule has 1 amide bonds. The Bertz CT molecular complexity index is 921. The molecule has 0 radical (unpaired) electrons. The molecule has 9 heteroatoms. The number of hydrogen-bond acceptors (Lipinski definition) is 4. The highest BCUT2D eigenvalue weighted by atomic mass is 79.9. The summed E-state index contributed by atoms with van der Waals surface area (Å²) in [5.41, 5.74) is 1.75. The van der Waals surface area contributed by atoms with Gasteiger partial charge in [-0.25, -0.2) is 4.68 Å². The summed E-state index contributed by atoms with van der Waals surface area (Å²) in [6.07, 6.45) is 3.23. The lowest BCUT2D eigenvalue weighted by atomic mass is 10.3. The molecule has 7 nitrogen and oxygen atoms in total. The molecular weight excluding hydrogens is 410 g/mol. The van der Waals surface area contributed by atoms with Crippen LogP contribution in [0.2, 0.25) is 5.02 Å². The second-order valence-corrected chi connectivity index (χ2v) is 6.55. The molecule has 2 aromatic heterocycles. The van der Waals surface area contributed by atoms with Gasteiger partial charge in [0, 0.05) is 12.1 Å². The van der Waals surface area contributed by atoms with Gasteiger partial charge in [-0.1, -0.05) is 17.7 Å². The van der Waals surface area contributed by atoms with E-state index in [2.05, 4.69) is 31.4 Å². The summed E-state index contributed by atoms with van der Waals surface area (Å²) in [5, 5.41) is 11.8. The molecule has 0 fully saturated rings. The van der Waals surface area contributed by atoms with Gasteiger partial charge in [0.2, 0.25) is 0 Å². The van der Waals surface area contributed by atoms with E-state index in [4.69, 9.17) is 16.3 Å². The van der Waals surface area contributed by atoms with Crippen LogP contribution in [-0.2, 0) is 13.8 Å². The summed E-state index contributed by atoms with van der Waals surface area (Å²) in [4.78, 5) is 12.4. The lowest BCUT2D eigenvalue weighted by Crippen LogP contribution is -2.16. The molecule has 0 saturated carbocycles. The summed E-state index contributed by atoms with van der Waals surface area (Å²) >= 11 is 9.29. The van der Waals surface area contributed by atoms with E-state index in [1.807, 2.05) is 6.92 Å². The van der Waals surface area contributed by atoms with Gasteiger partial charge in [0.05, 0.1) is 28.2 Å². The maximum atomic E-state index is 12.4. The summed E-state index contributed by atoms with van der Waals surface area (Å²) in [7, 11) is 1.72. The minimum Gasteiger partial charge on any atom is -0.471 e. The fourth-order valence-corrected chi connectivity index (χ4v) is 2.96. The van der Waals surface area contributed by atoms with Gasteiger partial charge in [-0.15, -0.1) is 0 Å². The molecule has 2 heterocycles. The number of amides is 1. The second-order valence-electron chi connectivity index (χ2n) is 5.33. The zero-order chi connectivity index (χ0) is 18.0. The van der Waals surface area contributed by atoms with E-state index in [0.29, 0.717) is 26.6 Å². The van der Waals surface area contributed by atoms with Gasteiger partial charge in [-0.3, -0.25) is 9.48 Å². The third-order valence-electron chi connectivity index (χ3n) is 3.41. The first-order chi connectivity index (χ1) is 11.9. The quantitative estimate of drug-likeness (QED) is 0.679. The minimum atomic E-state index is -0.273. The number of rotatable bonds is 5. The molecule has 0 atom stereocenters. The van der Waals surface area contributed by atoms with E-state index < -0.39 is 0 Å². The molecule has 25 heavy (non-hydrogen) atoms. The Labute approximate surface area is 157 Å². The van der Waals surface area contributed by atoms with Crippen molar-refractivity contribution in [3.63, 3.8) is 0 Å². The van der Waals surface area contributed by atoms with E-state index in [1.54, 1.807) is 48.4 Å². The molecule has 0 bridgehead atoms. The first-order valence-corrected chi connectivity index (χ1v) is 8.52. The number of benzene rings is 1. The van der Waals surface area contributed by atoms with Crippen molar-refractivity contribution >= 4 is 39.1 Å². The van der Waals surface area contributed by atoms with Crippen LogP contribution in [0.3, 0.4) is 0 Å². The standard InChI is InChI=1S/C16H15BrClN5O2/c1-10-14(17)15(22(2)21-10)16(24)20-12-7-19-23(8-12)9-25-13-5-3-4-11(18)6-13/h3-8H,9H2,1-2H3,(H,20,24). The van der Waals surface area contributed by atoms with Crippen molar-refractivity contribution in [3.8, 4) is 5.75 Å². The average Bonchev–Trinajstić information content (AvgIpc) is 3.10. The molecular formula is C16H15BrClN5O2. The normalized spacial score (nSPS) is 10.7. The lowest BCUT2D eigenvalue weighted by molar-refractivity contribution is 0.101. The van der Waals surface area contributed by atoms with Crippen LogP contribution in [0.5, 0.6) is 5.75 Å². The van der Waals surface area contributed by atoms with Crippen molar-refractivity contribution in [2.75, 3.05) is 5.32 Å². The maximum absolute atomic E-state index is 12.4. The Hall–Kier alpha value is -2.32. The maximum Gasteiger partial charge on any atom is 0.275 e. The van der Waals surface area contributed by atoms with Gasteiger partial charge >= 0.3 is 0 Å². The highest BCUT2D eigenvalue weighted by Gasteiger charge is 2.18. The summed E-state index contributed by atoms with van der Waals surface area (Å²) in [6.45, 7) is 2.02. The van der Waals surface area contributed by atoms with Crippen LogP contribution in [-0.4, -0.2) is 25.5 Å². The number of ether oxygens (including phenoxy) is 1. The van der Waals surface area contributed by atoms with Crippen LogP contribution >= 0.6 is 27.5 Å². The van der Waals surface area contributed by atoms with Crippen molar-refractivity contribution in [2.45, 2.75) is 13.7 Å². The van der Waals surface area contributed by atoms with Crippen LogP contribution in [0.1, 0.15) is 16.2 Å². The lowest BCUT2D eigenvalue weighted by Gasteiger charge is -2.06.